The summed E-state index contributed by atoms with van der Waals surface area (Å²) in [4.78, 5) is 67.1. The van der Waals surface area contributed by atoms with Crippen LogP contribution in [0.2, 0.25) is 0 Å². The Morgan fingerprint density at radius 3 is 2.49 bits per heavy atom. The molecule has 3 rings (SSSR count). The highest BCUT2D eigenvalue weighted by Crippen LogP contribution is 2.22. The molecule has 13 heteroatoms. The zero-order chi connectivity index (χ0) is 29.8. The number of amides is 6. The van der Waals surface area contributed by atoms with Crippen molar-refractivity contribution in [1.29, 1.82) is 0 Å². The van der Waals surface area contributed by atoms with Gasteiger partial charge in [-0.05, 0) is 24.0 Å². The molecule has 2 heterocycles. The molecule has 0 bridgehead atoms. The minimum atomic E-state index is -0.810. The third-order valence-electron chi connectivity index (χ3n) is 6.50. The van der Waals surface area contributed by atoms with E-state index >= 15 is 0 Å². The molecule has 226 valence electrons. The maximum atomic E-state index is 13.5. The van der Waals surface area contributed by atoms with E-state index in [1.165, 1.54) is 9.80 Å². The number of nitrogens with zero attached hydrogens (tertiary/aromatic N) is 2. The van der Waals surface area contributed by atoms with Crippen LogP contribution >= 0.6 is 0 Å². The number of ether oxygens (including phenoxy) is 2. The Balaban J connectivity index is 1.67. The smallest absolute Gasteiger partial charge is 0.319 e. The predicted octanol–water partition coefficient (Wildman–Crippen LogP) is 0.322. The molecule has 2 aliphatic rings. The average molecular weight is 575 g/mol. The van der Waals surface area contributed by atoms with Crippen molar-refractivity contribution in [1.82, 2.24) is 25.8 Å². The number of anilines is 1. The lowest BCUT2D eigenvalue weighted by Gasteiger charge is -2.28. The molecule has 2 saturated heterocycles. The van der Waals surface area contributed by atoms with Crippen LogP contribution in [0.5, 0.6) is 0 Å². The number of para-hydroxylation sites is 1. The molecule has 0 unspecified atom stereocenters. The molecule has 0 aromatic heterocycles. The standard InChI is InChI=1S/C28H42N6O7/c1-28(2,3)16-23(35)31-21-15-22-26(38)29-10-12-40-13-14-41-19-25(37)33(18-24(36)34(22)17-21)11-9-30-27(39)32-20-7-5-4-6-8-20/h4-8,21-22H,9-19H2,1-3H3,(H,29,38)(H,31,35)(H2,30,32,39)/t21-,22-/m0/s1. The van der Waals surface area contributed by atoms with Crippen molar-refractivity contribution in [2.24, 2.45) is 5.41 Å². The Bertz CT molecular complexity index is 1060. The van der Waals surface area contributed by atoms with E-state index in [4.69, 9.17) is 9.47 Å². The highest BCUT2D eigenvalue weighted by Gasteiger charge is 2.41. The minimum Gasteiger partial charge on any atom is -0.377 e. The van der Waals surface area contributed by atoms with Gasteiger partial charge in [-0.15, -0.1) is 0 Å². The molecule has 0 radical (unpaired) electrons. The Hall–Kier alpha value is -3.71. The number of carbonyl (C=O) groups excluding carboxylic acids is 5. The van der Waals surface area contributed by atoms with E-state index in [2.05, 4.69) is 21.3 Å². The summed E-state index contributed by atoms with van der Waals surface area (Å²) < 4.78 is 10.9. The van der Waals surface area contributed by atoms with Gasteiger partial charge >= 0.3 is 6.03 Å². The monoisotopic (exact) mass is 574 g/mol. The van der Waals surface area contributed by atoms with Crippen LogP contribution in [-0.2, 0) is 28.7 Å². The lowest BCUT2D eigenvalue weighted by atomic mass is 9.92. The van der Waals surface area contributed by atoms with Crippen molar-refractivity contribution in [3.05, 3.63) is 30.3 Å². The second kappa shape index (κ2) is 15.3. The van der Waals surface area contributed by atoms with Crippen molar-refractivity contribution >= 4 is 35.3 Å². The van der Waals surface area contributed by atoms with Crippen molar-refractivity contribution in [2.45, 2.75) is 45.7 Å². The molecular weight excluding hydrogens is 532 g/mol. The molecule has 0 aliphatic carbocycles. The van der Waals surface area contributed by atoms with Crippen LogP contribution in [0.1, 0.15) is 33.6 Å². The molecule has 1 aromatic rings. The SMILES string of the molecule is CC(C)(C)CC(=O)N[C@H]1C[C@H]2C(=O)NCCOCCOCC(=O)N(CCNC(=O)Nc3ccccc3)CC(=O)N2C1. The number of carbonyl (C=O) groups is 5. The Kier molecular flexibility index (Phi) is 11.9. The predicted molar refractivity (Wildman–Crippen MR) is 151 cm³/mol. The molecule has 6 amide bonds. The number of hydrogen-bond acceptors (Lipinski definition) is 7. The van der Waals surface area contributed by atoms with Crippen molar-refractivity contribution in [3.8, 4) is 0 Å². The summed E-state index contributed by atoms with van der Waals surface area (Å²) in [6.07, 6.45) is 0.561. The normalized spacial score (nSPS) is 21.3. The maximum absolute atomic E-state index is 13.5. The Morgan fingerprint density at radius 2 is 1.76 bits per heavy atom. The first-order valence-electron chi connectivity index (χ1n) is 13.9. The van der Waals surface area contributed by atoms with Gasteiger partial charge in [0.25, 0.3) is 0 Å². The topological polar surface area (TPSA) is 158 Å². The van der Waals surface area contributed by atoms with Gasteiger partial charge in [0, 0.05) is 44.3 Å². The van der Waals surface area contributed by atoms with E-state index in [9.17, 15) is 24.0 Å². The van der Waals surface area contributed by atoms with Crippen LogP contribution in [-0.4, -0.2) is 111 Å². The van der Waals surface area contributed by atoms with Gasteiger partial charge in [0.2, 0.25) is 23.6 Å². The van der Waals surface area contributed by atoms with Gasteiger partial charge in [0.1, 0.15) is 12.6 Å². The van der Waals surface area contributed by atoms with Gasteiger partial charge in [-0.2, -0.15) is 0 Å². The van der Waals surface area contributed by atoms with E-state index < -0.39 is 29.9 Å². The first-order chi connectivity index (χ1) is 19.5. The quantitative estimate of drug-likeness (QED) is 0.381. The zero-order valence-corrected chi connectivity index (χ0v) is 24.1. The third kappa shape index (κ3) is 11.0. The third-order valence-corrected chi connectivity index (χ3v) is 6.50. The van der Waals surface area contributed by atoms with Crippen LogP contribution in [0.4, 0.5) is 10.5 Å². The molecule has 0 saturated carbocycles. The number of nitrogens with one attached hydrogen (secondary N) is 4. The van der Waals surface area contributed by atoms with E-state index in [1.807, 2.05) is 26.8 Å². The molecule has 41 heavy (non-hydrogen) atoms. The molecule has 2 aliphatic heterocycles. The van der Waals surface area contributed by atoms with Crippen LogP contribution in [0, 0.1) is 5.41 Å². The van der Waals surface area contributed by atoms with Crippen molar-refractivity contribution < 1.29 is 33.4 Å². The van der Waals surface area contributed by atoms with Gasteiger partial charge < -0.3 is 40.5 Å². The van der Waals surface area contributed by atoms with E-state index in [0.717, 1.165) is 0 Å². The first kappa shape index (κ1) is 31.8. The summed E-state index contributed by atoms with van der Waals surface area (Å²) in [7, 11) is 0. The fraction of sp³-hybridized carbons (Fsp3) is 0.607. The number of rotatable bonds is 6. The van der Waals surface area contributed by atoms with Crippen LogP contribution in [0.3, 0.4) is 0 Å². The number of urea groups is 1. The molecule has 2 fully saturated rings. The molecule has 2 atom stereocenters. The molecule has 0 spiro atoms. The van der Waals surface area contributed by atoms with Crippen LogP contribution < -0.4 is 21.3 Å². The second-order valence-electron chi connectivity index (χ2n) is 11.3. The Labute approximate surface area is 240 Å². The van der Waals surface area contributed by atoms with Gasteiger partial charge in [-0.1, -0.05) is 39.0 Å². The van der Waals surface area contributed by atoms with Gasteiger partial charge in [-0.25, -0.2) is 4.79 Å². The summed E-state index contributed by atoms with van der Waals surface area (Å²) in [5.74, 6) is -1.38. The lowest BCUT2D eigenvalue weighted by Crippen LogP contribution is -2.51. The maximum Gasteiger partial charge on any atom is 0.319 e. The summed E-state index contributed by atoms with van der Waals surface area (Å²) in [5.41, 5.74) is 0.401. The van der Waals surface area contributed by atoms with Crippen LogP contribution in [0.25, 0.3) is 0 Å². The van der Waals surface area contributed by atoms with Gasteiger partial charge in [-0.3, -0.25) is 19.2 Å². The largest absolute Gasteiger partial charge is 0.377 e. The van der Waals surface area contributed by atoms with E-state index in [1.54, 1.807) is 24.3 Å². The number of fused-ring (bicyclic) bond motifs is 1. The lowest BCUT2D eigenvalue weighted by molar-refractivity contribution is -0.145. The molecular formula is C28H42N6O7. The fourth-order valence-corrected chi connectivity index (χ4v) is 4.61. The molecule has 13 nitrogen and oxygen atoms in total. The minimum absolute atomic E-state index is 0.0447. The van der Waals surface area contributed by atoms with Crippen molar-refractivity contribution in [3.63, 3.8) is 0 Å². The Morgan fingerprint density at radius 1 is 1.02 bits per heavy atom. The summed E-state index contributed by atoms with van der Waals surface area (Å²) >= 11 is 0. The molecule has 4 N–H and O–H groups in total. The average Bonchev–Trinajstić information content (AvgIpc) is 3.32. The summed E-state index contributed by atoms with van der Waals surface area (Å²) in [6, 6.07) is 7.23. The number of benzene rings is 1. The second-order valence-corrected chi connectivity index (χ2v) is 11.3. The number of hydrogen-bond donors (Lipinski definition) is 4. The highest BCUT2D eigenvalue weighted by atomic mass is 16.5. The summed E-state index contributed by atoms with van der Waals surface area (Å²) in [5, 5.41) is 11.1. The first-order valence-corrected chi connectivity index (χ1v) is 13.9. The van der Waals surface area contributed by atoms with Gasteiger partial charge in [0.05, 0.1) is 26.4 Å². The van der Waals surface area contributed by atoms with Crippen LogP contribution in [0.15, 0.2) is 30.3 Å². The van der Waals surface area contributed by atoms with E-state index in [-0.39, 0.29) is 82.8 Å². The van der Waals surface area contributed by atoms with Gasteiger partial charge in [0.15, 0.2) is 0 Å². The highest BCUT2D eigenvalue weighted by molar-refractivity contribution is 5.91. The zero-order valence-electron chi connectivity index (χ0n) is 24.1. The fourth-order valence-electron chi connectivity index (χ4n) is 4.61. The summed E-state index contributed by atoms with van der Waals surface area (Å²) in [6.45, 7) is 6.47. The van der Waals surface area contributed by atoms with Crippen molar-refractivity contribution in [2.75, 3.05) is 64.5 Å². The molecule has 1 aromatic carbocycles. The van der Waals surface area contributed by atoms with E-state index in [0.29, 0.717) is 12.1 Å².